The van der Waals surface area contributed by atoms with E-state index in [0.717, 1.165) is 77.0 Å². The molecule has 0 bridgehead atoms. The molecule has 0 fully saturated rings. The predicted octanol–water partition coefficient (Wildman–Crippen LogP) is 17.3. The molecule has 61 heavy (non-hydrogen) atoms. The average Bonchev–Trinajstić information content (AvgIpc) is 3.26. The van der Waals surface area contributed by atoms with E-state index in [9.17, 15) is 14.4 Å². The van der Waals surface area contributed by atoms with Crippen LogP contribution in [0.15, 0.2) is 36.5 Å². The summed E-state index contributed by atoms with van der Waals surface area (Å²) in [6.07, 6.45) is 58.4. The zero-order valence-corrected chi connectivity index (χ0v) is 40.7. The molecule has 0 heterocycles. The minimum atomic E-state index is -0.778. The molecule has 0 saturated heterocycles. The molecule has 0 N–H and O–H groups in total. The van der Waals surface area contributed by atoms with Crippen LogP contribution in [0, 0.1) is 0 Å². The van der Waals surface area contributed by atoms with Crippen LogP contribution in [0.1, 0.15) is 278 Å². The second-order valence-corrected chi connectivity index (χ2v) is 17.8. The van der Waals surface area contributed by atoms with Gasteiger partial charge in [-0.2, -0.15) is 0 Å². The maximum Gasteiger partial charge on any atom is 0.306 e. The predicted molar refractivity (Wildman–Crippen MR) is 261 cm³/mol. The van der Waals surface area contributed by atoms with Crippen molar-refractivity contribution in [3.8, 4) is 0 Å². The quantitative estimate of drug-likeness (QED) is 0.0262. The molecule has 0 aliphatic carbocycles. The highest BCUT2D eigenvalue weighted by Gasteiger charge is 2.19. The Kier molecular flexibility index (Phi) is 48.3. The largest absolute Gasteiger partial charge is 0.462 e. The van der Waals surface area contributed by atoms with E-state index in [4.69, 9.17) is 14.2 Å². The van der Waals surface area contributed by atoms with E-state index in [1.165, 1.54) is 161 Å². The van der Waals surface area contributed by atoms with Crippen LogP contribution in [0.3, 0.4) is 0 Å². The Hall–Kier alpha value is -2.37. The first-order valence-corrected chi connectivity index (χ1v) is 26.5. The number of allylic oxidation sites excluding steroid dienone is 6. The first kappa shape index (κ1) is 58.6. The summed E-state index contributed by atoms with van der Waals surface area (Å²) in [6.45, 7) is 6.60. The molecule has 0 aromatic rings. The maximum atomic E-state index is 12.8. The minimum Gasteiger partial charge on any atom is -0.462 e. The second kappa shape index (κ2) is 50.3. The van der Waals surface area contributed by atoms with Gasteiger partial charge in [-0.25, -0.2) is 0 Å². The van der Waals surface area contributed by atoms with Crippen molar-refractivity contribution in [2.45, 2.75) is 284 Å². The third-order valence-electron chi connectivity index (χ3n) is 11.6. The van der Waals surface area contributed by atoms with Crippen LogP contribution in [-0.2, 0) is 28.6 Å². The fourth-order valence-corrected chi connectivity index (χ4v) is 7.54. The van der Waals surface area contributed by atoms with Gasteiger partial charge in [0.05, 0.1) is 0 Å². The Morgan fingerprint density at radius 1 is 0.311 bits per heavy atom. The minimum absolute atomic E-state index is 0.0788. The molecule has 0 aliphatic rings. The Labute approximate surface area is 378 Å². The third kappa shape index (κ3) is 48.5. The fraction of sp³-hybridized carbons (Fsp3) is 0.836. The molecule has 0 spiro atoms. The number of ether oxygens (including phenoxy) is 3. The lowest BCUT2D eigenvalue weighted by atomic mass is 10.1. The van der Waals surface area contributed by atoms with Gasteiger partial charge in [0.1, 0.15) is 13.2 Å². The van der Waals surface area contributed by atoms with Crippen molar-refractivity contribution in [3.05, 3.63) is 36.5 Å². The zero-order valence-electron chi connectivity index (χ0n) is 40.7. The van der Waals surface area contributed by atoms with Crippen LogP contribution in [0.25, 0.3) is 0 Å². The van der Waals surface area contributed by atoms with E-state index >= 15 is 0 Å². The van der Waals surface area contributed by atoms with Gasteiger partial charge in [0, 0.05) is 19.3 Å². The van der Waals surface area contributed by atoms with E-state index in [1.807, 2.05) is 0 Å². The molecular formula is C55H100O6. The van der Waals surface area contributed by atoms with Crippen molar-refractivity contribution in [3.63, 3.8) is 0 Å². The van der Waals surface area contributed by atoms with Gasteiger partial charge in [0.2, 0.25) is 0 Å². The third-order valence-corrected chi connectivity index (χ3v) is 11.6. The van der Waals surface area contributed by atoms with E-state index in [1.54, 1.807) is 0 Å². The van der Waals surface area contributed by atoms with Crippen molar-refractivity contribution in [1.82, 2.24) is 0 Å². The van der Waals surface area contributed by atoms with Gasteiger partial charge in [-0.1, -0.05) is 198 Å². The van der Waals surface area contributed by atoms with Crippen molar-refractivity contribution >= 4 is 17.9 Å². The van der Waals surface area contributed by atoms with Crippen LogP contribution < -0.4 is 0 Å². The lowest BCUT2D eigenvalue weighted by Crippen LogP contribution is -2.30. The molecule has 1 atom stereocenters. The van der Waals surface area contributed by atoms with Crippen LogP contribution in [0.2, 0.25) is 0 Å². The summed E-state index contributed by atoms with van der Waals surface area (Å²) < 4.78 is 16.8. The maximum absolute atomic E-state index is 12.8. The molecule has 0 aromatic heterocycles. The summed E-state index contributed by atoms with van der Waals surface area (Å²) in [6, 6.07) is 0. The smallest absolute Gasteiger partial charge is 0.306 e. The molecule has 1 unspecified atom stereocenters. The summed E-state index contributed by atoms with van der Waals surface area (Å²) in [4.78, 5) is 38.0. The molecule has 0 saturated carbocycles. The molecule has 6 heteroatoms. The molecule has 0 rings (SSSR count). The molecular weight excluding hydrogens is 757 g/mol. The molecule has 0 radical (unpaired) electrons. The first-order valence-electron chi connectivity index (χ1n) is 26.5. The lowest BCUT2D eigenvalue weighted by Gasteiger charge is -2.18. The fourth-order valence-electron chi connectivity index (χ4n) is 7.54. The van der Waals surface area contributed by atoms with Gasteiger partial charge >= 0.3 is 17.9 Å². The van der Waals surface area contributed by atoms with Crippen LogP contribution in [0.4, 0.5) is 0 Å². The SMILES string of the molecule is CCCCC/C=C\CCCCCCCC(=O)OCC(COC(=O)CCCCCCCCC/C=C\CCCCCCCC)OC(=O)CCCCCCC/C=C\CCCCCCC. The average molecular weight is 857 g/mol. The summed E-state index contributed by atoms with van der Waals surface area (Å²) >= 11 is 0. The van der Waals surface area contributed by atoms with Crippen molar-refractivity contribution in [1.29, 1.82) is 0 Å². The van der Waals surface area contributed by atoms with Gasteiger partial charge < -0.3 is 14.2 Å². The van der Waals surface area contributed by atoms with E-state index in [2.05, 4.69) is 57.2 Å². The highest BCUT2D eigenvalue weighted by atomic mass is 16.6. The standard InChI is InChI=1S/C55H100O6/c1-4-7-10-13-16-19-22-25-27-28-29-31-33-36-39-42-45-48-54(57)60-51-52(50-59-53(56)47-44-41-38-35-32-24-21-18-15-12-9-6-3)61-55(58)49-46-43-40-37-34-30-26-23-20-17-14-11-8-5-2/h18,21,23,25-27,52H,4-17,19-20,22,24,28-51H2,1-3H3/b21-18-,26-23-,27-25-. The van der Waals surface area contributed by atoms with Crippen molar-refractivity contribution < 1.29 is 28.6 Å². The summed E-state index contributed by atoms with van der Waals surface area (Å²) in [5.41, 5.74) is 0. The number of rotatable bonds is 48. The Morgan fingerprint density at radius 2 is 0.541 bits per heavy atom. The molecule has 6 nitrogen and oxygen atoms in total. The number of hydrogen-bond donors (Lipinski definition) is 0. The summed E-state index contributed by atoms with van der Waals surface area (Å²) in [5, 5.41) is 0. The highest BCUT2D eigenvalue weighted by Crippen LogP contribution is 2.15. The topological polar surface area (TPSA) is 78.9 Å². The Morgan fingerprint density at radius 3 is 0.852 bits per heavy atom. The number of carbonyl (C=O) groups excluding carboxylic acids is 3. The van der Waals surface area contributed by atoms with E-state index in [0.29, 0.717) is 19.3 Å². The van der Waals surface area contributed by atoms with Gasteiger partial charge in [0.25, 0.3) is 0 Å². The van der Waals surface area contributed by atoms with Gasteiger partial charge in [-0.15, -0.1) is 0 Å². The van der Waals surface area contributed by atoms with Crippen LogP contribution in [0.5, 0.6) is 0 Å². The van der Waals surface area contributed by atoms with Crippen LogP contribution >= 0.6 is 0 Å². The zero-order chi connectivity index (χ0) is 44.4. The van der Waals surface area contributed by atoms with Crippen molar-refractivity contribution in [2.24, 2.45) is 0 Å². The Balaban J connectivity index is 4.36. The van der Waals surface area contributed by atoms with E-state index in [-0.39, 0.29) is 31.1 Å². The summed E-state index contributed by atoms with van der Waals surface area (Å²) in [5.74, 6) is -0.892. The molecule has 0 aromatic carbocycles. The Bertz CT molecular complexity index is 1030. The van der Waals surface area contributed by atoms with Crippen LogP contribution in [-0.4, -0.2) is 37.2 Å². The summed E-state index contributed by atoms with van der Waals surface area (Å²) in [7, 11) is 0. The number of unbranched alkanes of at least 4 members (excludes halogenated alkanes) is 31. The molecule has 0 amide bonds. The monoisotopic (exact) mass is 857 g/mol. The van der Waals surface area contributed by atoms with E-state index < -0.39 is 6.10 Å². The van der Waals surface area contributed by atoms with Gasteiger partial charge in [0.15, 0.2) is 6.10 Å². The molecule has 0 aliphatic heterocycles. The molecule has 356 valence electrons. The van der Waals surface area contributed by atoms with Gasteiger partial charge in [-0.3, -0.25) is 14.4 Å². The number of hydrogen-bond acceptors (Lipinski definition) is 6. The second-order valence-electron chi connectivity index (χ2n) is 17.8. The normalized spacial score (nSPS) is 12.2. The lowest BCUT2D eigenvalue weighted by molar-refractivity contribution is -0.167. The number of carbonyl (C=O) groups is 3. The highest BCUT2D eigenvalue weighted by molar-refractivity contribution is 5.71. The van der Waals surface area contributed by atoms with Gasteiger partial charge in [-0.05, 0) is 96.3 Å². The first-order chi connectivity index (χ1) is 30.0. The number of esters is 3. The van der Waals surface area contributed by atoms with Crippen molar-refractivity contribution in [2.75, 3.05) is 13.2 Å².